The molecular formula is C16H16ClN3O2. The Kier molecular flexibility index (Phi) is 4.56. The van der Waals surface area contributed by atoms with E-state index in [-0.39, 0.29) is 5.91 Å². The van der Waals surface area contributed by atoms with Crippen molar-refractivity contribution in [3.63, 3.8) is 0 Å². The highest BCUT2D eigenvalue weighted by atomic mass is 35.5. The average Bonchev–Trinajstić information content (AvgIpc) is 2.55. The molecule has 22 heavy (non-hydrogen) atoms. The van der Waals surface area contributed by atoms with Crippen LogP contribution in [0.2, 0.25) is 5.02 Å². The highest BCUT2D eigenvalue weighted by Crippen LogP contribution is 2.20. The molecule has 1 N–H and O–H groups in total. The number of carbonyl (C=O) groups is 1. The molecule has 3 rings (SSSR count). The Hall–Kier alpha value is -2.11. The van der Waals surface area contributed by atoms with Gasteiger partial charge in [0.05, 0.1) is 13.2 Å². The Morgan fingerprint density at radius 1 is 1.18 bits per heavy atom. The molecule has 1 aliphatic rings. The lowest BCUT2D eigenvalue weighted by Gasteiger charge is -2.26. The smallest absolute Gasteiger partial charge is 0.272 e. The van der Waals surface area contributed by atoms with Crippen LogP contribution in [0.4, 0.5) is 11.4 Å². The van der Waals surface area contributed by atoms with Crippen LogP contribution in [0.3, 0.4) is 0 Å². The van der Waals surface area contributed by atoms with Crippen LogP contribution in [0.1, 0.15) is 10.5 Å². The first-order valence-electron chi connectivity index (χ1n) is 7.08. The zero-order chi connectivity index (χ0) is 15.4. The molecule has 1 amide bonds. The minimum Gasteiger partial charge on any atom is -0.378 e. The predicted molar refractivity (Wildman–Crippen MR) is 85.7 cm³/mol. The van der Waals surface area contributed by atoms with Crippen molar-refractivity contribution in [1.82, 2.24) is 9.88 Å². The number of hydrogen-bond donors (Lipinski definition) is 1. The lowest BCUT2D eigenvalue weighted by molar-refractivity contribution is 0.0299. The fourth-order valence-corrected chi connectivity index (χ4v) is 2.48. The SMILES string of the molecule is O=C(c1cc(Nc2cccc(Cl)c2)ccn1)N1CCOCC1. The summed E-state index contributed by atoms with van der Waals surface area (Å²) in [5, 5.41) is 3.88. The molecular weight excluding hydrogens is 302 g/mol. The maximum Gasteiger partial charge on any atom is 0.272 e. The highest BCUT2D eigenvalue weighted by Gasteiger charge is 2.19. The third-order valence-corrected chi connectivity index (χ3v) is 3.63. The van der Waals surface area contributed by atoms with E-state index in [1.54, 1.807) is 17.2 Å². The summed E-state index contributed by atoms with van der Waals surface area (Å²) in [5.41, 5.74) is 2.09. The zero-order valence-corrected chi connectivity index (χ0v) is 12.7. The normalized spacial score (nSPS) is 14.7. The van der Waals surface area contributed by atoms with E-state index in [0.717, 1.165) is 11.4 Å². The molecule has 2 aromatic rings. The van der Waals surface area contributed by atoms with Gasteiger partial charge in [-0.3, -0.25) is 9.78 Å². The molecule has 6 heteroatoms. The number of carbonyl (C=O) groups excluding carboxylic acids is 1. The van der Waals surface area contributed by atoms with E-state index in [9.17, 15) is 4.79 Å². The first-order chi connectivity index (χ1) is 10.7. The van der Waals surface area contributed by atoms with Gasteiger partial charge >= 0.3 is 0 Å². The van der Waals surface area contributed by atoms with Gasteiger partial charge < -0.3 is 15.0 Å². The van der Waals surface area contributed by atoms with Crippen molar-refractivity contribution in [3.05, 3.63) is 53.3 Å². The van der Waals surface area contributed by atoms with E-state index in [0.29, 0.717) is 37.0 Å². The number of morpholine rings is 1. The van der Waals surface area contributed by atoms with Gasteiger partial charge in [0.25, 0.3) is 5.91 Å². The van der Waals surface area contributed by atoms with E-state index in [2.05, 4.69) is 10.3 Å². The summed E-state index contributed by atoms with van der Waals surface area (Å²) in [5.74, 6) is -0.0713. The second-order valence-electron chi connectivity index (χ2n) is 4.97. The van der Waals surface area contributed by atoms with Crippen LogP contribution >= 0.6 is 11.6 Å². The summed E-state index contributed by atoms with van der Waals surface area (Å²) < 4.78 is 5.26. The number of nitrogens with one attached hydrogen (secondary N) is 1. The van der Waals surface area contributed by atoms with Crippen molar-refractivity contribution in [3.8, 4) is 0 Å². The number of rotatable bonds is 3. The summed E-state index contributed by atoms with van der Waals surface area (Å²) in [7, 11) is 0. The largest absolute Gasteiger partial charge is 0.378 e. The molecule has 2 heterocycles. The third kappa shape index (κ3) is 3.55. The summed E-state index contributed by atoms with van der Waals surface area (Å²) in [6.07, 6.45) is 1.63. The van der Waals surface area contributed by atoms with Crippen molar-refractivity contribution in [2.24, 2.45) is 0 Å². The van der Waals surface area contributed by atoms with Gasteiger partial charge in [-0.2, -0.15) is 0 Å². The van der Waals surface area contributed by atoms with Gasteiger partial charge in [0.15, 0.2) is 0 Å². The molecule has 114 valence electrons. The van der Waals surface area contributed by atoms with Crippen LogP contribution in [0.15, 0.2) is 42.6 Å². The van der Waals surface area contributed by atoms with Gasteiger partial charge in [-0.15, -0.1) is 0 Å². The molecule has 0 spiro atoms. The van der Waals surface area contributed by atoms with Crippen LogP contribution in [0.25, 0.3) is 0 Å². The van der Waals surface area contributed by atoms with Crippen molar-refractivity contribution >= 4 is 28.9 Å². The maximum atomic E-state index is 12.4. The van der Waals surface area contributed by atoms with Gasteiger partial charge in [-0.25, -0.2) is 0 Å². The number of aromatic nitrogens is 1. The third-order valence-electron chi connectivity index (χ3n) is 3.39. The monoisotopic (exact) mass is 317 g/mol. The predicted octanol–water partition coefficient (Wildman–Crippen LogP) is 2.95. The molecule has 1 saturated heterocycles. The van der Waals surface area contributed by atoms with Crippen LogP contribution < -0.4 is 5.32 Å². The average molecular weight is 318 g/mol. The highest BCUT2D eigenvalue weighted by molar-refractivity contribution is 6.30. The molecule has 1 aromatic carbocycles. The number of ether oxygens (including phenoxy) is 1. The van der Waals surface area contributed by atoms with Gasteiger partial charge in [-0.05, 0) is 30.3 Å². The van der Waals surface area contributed by atoms with Gasteiger partial charge in [-0.1, -0.05) is 17.7 Å². The molecule has 0 saturated carbocycles. The molecule has 0 radical (unpaired) electrons. The first kappa shape index (κ1) is 14.8. The number of nitrogens with zero attached hydrogens (tertiary/aromatic N) is 2. The fraction of sp³-hybridized carbons (Fsp3) is 0.250. The van der Waals surface area contributed by atoms with Crippen molar-refractivity contribution in [1.29, 1.82) is 0 Å². The van der Waals surface area contributed by atoms with Gasteiger partial charge in [0.2, 0.25) is 0 Å². The molecule has 1 aromatic heterocycles. The minimum atomic E-state index is -0.0713. The second kappa shape index (κ2) is 6.77. The van der Waals surface area contributed by atoms with Crippen molar-refractivity contribution in [2.75, 3.05) is 31.6 Å². The van der Waals surface area contributed by atoms with E-state index >= 15 is 0 Å². The number of halogens is 1. The summed E-state index contributed by atoms with van der Waals surface area (Å²) in [6.45, 7) is 2.36. The summed E-state index contributed by atoms with van der Waals surface area (Å²) >= 11 is 5.97. The standard InChI is InChI=1S/C16H16ClN3O2/c17-12-2-1-3-13(10-12)19-14-4-5-18-15(11-14)16(21)20-6-8-22-9-7-20/h1-5,10-11H,6-9H2,(H,18,19). The Morgan fingerprint density at radius 2 is 1.95 bits per heavy atom. The van der Waals surface area contributed by atoms with E-state index in [4.69, 9.17) is 16.3 Å². The maximum absolute atomic E-state index is 12.4. The number of pyridine rings is 1. The molecule has 5 nitrogen and oxygen atoms in total. The Bertz CT molecular complexity index is 672. The Labute approximate surface area is 133 Å². The van der Waals surface area contributed by atoms with Crippen LogP contribution in [-0.4, -0.2) is 42.1 Å². The molecule has 1 aliphatic heterocycles. The number of anilines is 2. The Morgan fingerprint density at radius 3 is 2.73 bits per heavy atom. The summed E-state index contributed by atoms with van der Waals surface area (Å²) in [6, 6.07) is 11.0. The number of benzene rings is 1. The lowest BCUT2D eigenvalue weighted by atomic mass is 10.2. The van der Waals surface area contributed by atoms with E-state index in [1.165, 1.54) is 0 Å². The summed E-state index contributed by atoms with van der Waals surface area (Å²) in [4.78, 5) is 18.4. The van der Waals surface area contributed by atoms with E-state index in [1.807, 2.05) is 30.3 Å². The van der Waals surface area contributed by atoms with Crippen LogP contribution in [0.5, 0.6) is 0 Å². The number of hydrogen-bond acceptors (Lipinski definition) is 4. The minimum absolute atomic E-state index is 0.0713. The number of amides is 1. The molecule has 0 bridgehead atoms. The second-order valence-corrected chi connectivity index (χ2v) is 5.41. The van der Waals surface area contributed by atoms with Gasteiger partial charge in [0, 0.05) is 35.7 Å². The molecule has 0 atom stereocenters. The molecule has 0 aliphatic carbocycles. The fourth-order valence-electron chi connectivity index (χ4n) is 2.29. The first-order valence-corrected chi connectivity index (χ1v) is 7.46. The van der Waals surface area contributed by atoms with Crippen molar-refractivity contribution < 1.29 is 9.53 Å². The van der Waals surface area contributed by atoms with Crippen LogP contribution in [-0.2, 0) is 4.74 Å². The molecule has 0 unspecified atom stereocenters. The quantitative estimate of drug-likeness (QED) is 0.945. The van der Waals surface area contributed by atoms with Gasteiger partial charge in [0.1, 0.15) is 5.69 Å². The van der Waals surface area contributed by atoms with Crippen LogP contribution in [0, 0.1) is 0 Å². The molecule has 1 fully saturated rings. The lowest BCUT2D eigenvalue weighted by Crippen LogP contribution is -2.41. The zero-order valence-electron chi connectivity index (χ0n) is 12.0. The topological polar surface area (TPSA) is 54.5 Å². The van der Waals surface area contributed by atoms with E-state index < -0.39 is 0 Å². The van der Waals surface area contributed by atoms with Crippen molar-refractivity contribution in [2.45, 2.75) is 0 Å². The Balaban J connectivity index is 1.75.